The maximum absolute atomic E-state index is 12.2. The van der Waals surface area contributed by atoms with Crippen LogP contribution in [-0.2, 0) is 16.0 Å². The molecule has 4 nitrogen and oxygen atoms in total. The first-order valence-corrected chi connectivity index (χ1v) is 7.85. The van der Waals surface area contributed by atoms with E-state index in [-0.39, 0.29) is 17.9 Å². The van der Waals surface area contributed by atoms with Crippen LogP contribution in [0.1, 0.15) is 24.5 Å². The molecule has 1 aliphatic heterocycles. The number of ether oxygens (including phenoxy) is 1. The average Bonchev–Trinajstić information content (AvgIpc) is 2.93. The Labute approximate surface area is 127 Å². The lowest BCUT2D eigenvalue weighted by Gasteiger charge is -2.18. The summed E-state index contributed by atoms with van der Waals surface area (Å²) in [5.41, 5.74) is 2.52. The van der Waals surface area contributed by atoms with Crippen molar-refractivity contribution in [1.29, 1.82) is 0 Å². The highest BCUT2D eigenvalue weighted by Crippen LogP contribution is 2.14. The Morgan fingerprint density at radius 1 is 1.33 bits per heavy atom. The van der Waals surface area contributed by atoms with Crippen molar-refractivity contribution in [2.75, 3.05) is 26.3 Å². The molecule has 0 radical (unpaired) electrons. The van der Waals surface area contributed by atoms with Gasteiger partial charge in [0.05, 0.1) is 19.1 Å². The fraction of sp³-hybridized carbons (Fsp3) is 0.588. The van der Waals surface area contributed by atoms with Crippen LogP contribution in [0.2, 0.25) is 0 Å². The molecule has 2 unspecified atom stereocenters. The third kappa shape index (κ3) is 4.83. The van der Waals surface area contributed by atoms with Crippen LogP contribution in [-0.4, -0.2) is 38.3 Å². The van der Waals surface area contributed by atoms with Crippen molar-refractivity contribution in [2.24, 2.45) is 5.92 Å². The molecule has 4 heteroatoms. The van der Waals surface area contributed by atoms with Gasteiger partial charge in [0, 0.05) is 12.6 Å². The molecule has 1 aromatic rings. The van der Waals surface area contributed by atoms with Crippen LogP contribution in [0.15, 0.2) is 24.3 Å². The zero-order valence-corrected chi connectivity index (χ0v) is 13.0. The summed E-state index contributed by atoms with van der Waals surface area (Å²) in [5.74, 6) is 0.0443. The minimum absolute atomic E-state index is 0.0611. The number of nitrogens with one attached hydrogen (secondary N) is 2. The topological polar surface area (TPSA) is 50.4 Å². The molecular weight excluding hydrogens is 264 g/mol. The highest BCUT2D eigenvalue weighted by Gasteiger charge is 2.33. The van der Waals surface area contributed by atoms with Crippen molar-refractivity contribution in [3.63, 3.8) is 0 Å². The number of hydrogen-bond donors (Lipinski definition) is 2. The van der Waals surface area contributed by atoms with Gasteiger partial charge in [0.1, 0.15) is 0 Å². The lowest BCUT2D eigenvalue weighted by atomic mass is 10.0. The lowest BCUT2D eigenvalue weighted by molar-refractivity contribution is -0.125. The van der Waals surface area contributed by atoms with Crippen LogP contribution in [0.5, 0.6) is 0 Å². The maximum atomic E-state index is 12.2. The second kappa shape index (κ2) is 8.15. The molecule has 116 valence electrons. The van der Waals surface area contributed by atoms with Crippen LogP contribution >= 0.6 is 0 Å². The maximum Gasteiger partial charge on any atom is 0.227 e. The third-order valence-electron chi connectivity index (χ3n) is 3.87. The highest BCUT2D eigenvalue weighted by molar-refractivity contribution is 5.79. The van der Waals surface area contributed by atoms with E-state index >= 15 is 0 Å². The fourth-order valence-corrected chi connectivity index (χ4v) is 2.67. The molecule has 1 saturated heterocycles. The molecule has 1 heterocycles. The van der Waals surface area contributed by atoms with Crippen LogP contribution in [0.25, 0.3) is 0 Å². The molecule has 0 bridgehead atoms. The van der Waals surface area contributed by atoms with Gasteiger partial charge in [-0.15, -0.1) is 0 Å². The zero-order chi connectivity index (χ0) is 15.1. The summed E-state index contributed by atoms with van der Waals surface area (Å²) >= 11 is 0. The van der Waals surface area contributed by atoms with Gasteiger partial charge in [-0.2, -0.15) is 0 Å². The first kappa shape index (κ1) is 16.0. The molecule has 2 atom stereocenters. The van der Waals surface area contributed by atoms with Gasteiger partial charge in [0.25, 0.3) is 0 Å². The first-order valence-electron chi connectivity index (χ1n) is 7.85. The van der Waals surface area contributed by atoms with E-state index in [1.165, 1.54) is 11.1 Å². The fourth-order valence-electron chi connectivity index (χ4n) is 2.67. The van der Waals surface area contributed by atoms with Gasteiger partial charge in [0.15, 0.2) is 0 Å². The summed E-state index contributed by atoms with van der Waals surface area (Å²) in [4.78, 5) is 12.2. The van der Waals surface area contributed by atoms with Gasteiger partial charge in [-0.1, -0.05) is 36.8 Å². The number of amides is 1. The van der Waals surface area contributed by atoms with E-state index in [2.05, 4.69) is 48.7 Å². The van der Waals surface area contributed by atoms with Crippen molar-refractivity contribution in [3.05, 3.63) is 35.4 Å². The molecule has 0 aliphatic carbocycles. The average molecular weight is 290 g/mol. The Kier molecular flexibility index (Phi) is 6.21. The van der Waals surface area contributed by atoms with Gasteiger partial charge < -0.3 is 15.4 Å². The van der Waals surface area contributed by atoms with E-state index in [9.17, 15) is 4.79 Å². The molecule has 0 spiro atoms. The Bertz CT molecular complexity index is 462. The number of benzene rings is 1. The van der Waals surface area contributed by atoms with E-state index < -0.39 is 0 Å². The van der Waals surface area contributed by atoms with Crippen LogP contribution in [0.3, 0.4) is 0 Å². The van der Waals surface area contributed by atoms with Crippen molar-refractivity contribution in [1.82, 2.24) is 10.6 Å². The molecular formula is C17H26N2O2. The highest BCUT2D eigenvalue weighted by atomic mass is 16.5. The molecule has 1 aliphatic rings. The second-order valence-electron chi connectivity index (χ2n) is 5.73. The number of aryl methyl sites for hydroxylation is 1. The Balaban J connectivity index is 1.76. The summed E-state index contributed by atoms with van der Waals surface area (Å²) in [6, 6.07) is 8.56. The van der Waals surface area contributed by atoms with Gasteiger partial charge in [-0.05, 0) is 31.9 Å². The van der Waals surface area contributed by atoms with E-state index in [4.69, 9.17) is 4.74 Å². The largest absolute Gasteiger partial charge is 0.379 e. The summed E-state index contributed by atoms with van der Waals surface area (Å²) in [5, 5.41) is 6.43. The first-order chi connectivity index (χ1) is 10.2. The minimum Gasteiger partial charge on any atom is -0.379 e. The molecule has 1 fully saturated rings. The Morgan fingerprint density at radius 3 is 2.95 bits per heavy atom. The molecule has 0 saturated carbocycles. The Morgan fingerprint density at radius 2 is 2.19 bits per heavy atom. The Hall–Kier alpha value is -1.39. The molecule has 21 heavy (non-hydrogen) atoms. The SMILES string of the molecule is CCCNC1COCC1C(=O)NCCc1cccc(C)c1. The minimum atomic E-state index is -0.0611. The van der Waals surface area contributed by atoms with Gasteiger partial charge in [0.2, 0.25) is 5.91 Å². The zero-order valence-electron chi connectivity index (χ0n) is 13.0. The number of hydrogen-bond acceptors (Lipinski definition) is 3. The van der Waals surface area contributed by atoms with Gasteiger partial charge >= 0.3 is 0 Å². The summed E-state index contributed by atoms with van der Waals surface area (Å²) in [7, 11) is 0. The van der Waals surface area contributed by atoms with Gasteiger partial charge in [-0.3, -0.25) is 4.79 Å². The van der Waals surface area contributed by atoms with Crippen LogP contribution in [0.4, 0.5) is 0 Å². The molecule has 0 aromatic heterocycles. The van der Waals surface area contributed by atoms with Crippen LogP contribution < -0.4 is 10.6 Å². The lowest BCUT2D eigenvalue weighted by Crippen LogP contribution is -2.44. The van der Waals surface area contributed by atoms with E-state index in [0.29, 0.717) is 19.8 Å². The standard InChI is InChI=1S/C17H26N2O2/c1-3-8-18-16-12-21-11-15(16)17(20)19-9-7-14-6-4-5-13(2)10-14/h4-6,10,15-16,18H,3,7-9,11-12H2,1-2H3,(H,19,20). The molecule has 1 aromatic carbocycles. The third-order valence-corrected chi connectivity index (χ3v) is 3.87. The number of rotatable bonds is 7. The summed E-state index contributed by atoms with van der Waals surface area (Å²) in [6.07, 6.45) is 1.94. The summed E-state index contributed by atoms with van der Waals surface area (Å²) < 4.78 is 5.44. The molecule has 2 N–H and O–H groups in total. The van der Waals surface area contributed by atoms with Crippen molar-refractivity contribution < 1.29 is 9.53 Å². The molecule has 2 rings (SSSR count). The molecule has 1 amide bonds. The predicted molar refractivity (Wildman–Crippen MR) is 84.3 cm³/mol. The van der Waals surface area contributed by atoms with E-state index in [1.54, 1.807) is 0 Å². The van der Waals surface area contributed by atoms with Crippen molar-refractivity contribution in [3.8, 4) is 0 Å². The van der Waals surface area contributed by atoms with Crippen LogP contribution in [0, 0.1) is 12.8 Å². The quantitative estimate of drug-likeness (QED) is 0.803. The van der Waals surface area contributed by atoms with Gasteiger partial charge in [-0.25, -0.2) is 0 Å². The number of carbonyl (C=O) groups excluding carboxylic acids is 1. The van der Waals surface area contributed by atoms with Crippen molar-refractivity contribution >= 4 is 5.91 Å². The second-order valence-corrected chi connectivity index (χ2v) is 5.73. The number of carbonyl (C=O) groups is 1. The predicted octanol–water partition coefficient (Wildman–Crippen LogP) is 1.67. The monoisotopic (exact) mass is 290 g/mol. The van der Waals surface area contributed by atoms with E-state index in [1.807, 2.05) is 0 Å². The normalized spacial score (nSPS) is 21.4. The summed E-state index contributed by atoms with van der Waals surface area (Å²) in [6.45, 7) is 6.98. The van der Waals surface area contributed by atoms with Crippen molar-refractivity contribution in [2.45, 2.75) is 32.7 Å². The van der Waals surface area contributed by atoms with E-state index in [0.717, 1.165) is 19.4 Å². The smallest absolute Gasteiger partial charge is 0.227 e.